The highest BCUT2D eigenvalue weighted by Gasteiger charge is 2.22. The van der Waals surface area contributed by atoms with E-state index in [0.717, 1.165) is 32.5 Å². The van der Waals surface area contributed by atoms with Crippen LogP contribution in [0.1, 0.15) is 40.0 Å². The summed E-state index contributed by atoms with van der Waals surface area (Å²) in [6.07, 6.45) is 2.66. The largest absolute Gasteiger partial charge is 0.343 e. The first-order valence-electron chi connectivity index (χ1n) is 6.93. The van der Waals surface area contributed by atoms with E-state index in [0.29, 0.717) is 18.4 Å². The third-order valence-electron chi connectivity index (χ3n) is 3.36. The normalized spacial score (nSPS) is 18.7. The van der Waals surface area contributed by atoms with Gasteiger partial charge in [-0.15, -0.1) is 0 Å². The van der Waals surface area contributed by atoms with Crippen LogP contribution < -0.4 is 5.32 Å². The summed E-state index contributed by atoms with van der Waals surface area (Å²) in [6, 6.07) is 2.69. The zero-order chi connectivity index (χ0) is 13.5. The first kappa shape index (κ1) is 15.0. The minimum Gasteiger partial charge on any atom is -0.343 e. The number of carbonyl (C=O) groups is 1. The van der Waals surface area contributed by atoms with Gasteiger partial charge in [-0.2, -0.15) is 5.26 Å². The molecule has 0 bridgehead atoms. The Morgan fingerprint density at radius 1 is 1.39 bits per heavy atom. The van der Waals surface area contributed by atoms with E-state index < -0.39 is 0 Å². The Bertz CT molecular complexity index is 301. The maximum absolute atomic E-state index is 11.9. The van der Waals surface area contributed by atoms with Crippen LogP contribution >= 0.6 is 0 Å². The number of likely N-dealkylation sites (tertiary alicyclic amines) is 1. The van der Waals surface area contributed by atoms with Crippen LogP contribution in [0.5, 0.6) is 0 Å². The second kappa shape index (κ2) is 7.38. The molecule has 1 rings (SSSR count). The van der Waals surface area contributed by atoms with Crippen LogP contribution in [0.4, 0.5) is 0 Å². The van der Waals surface area contributed by atoms with Gasteiger partial charge in [-0.25, -0.2) is 0 Å². The Hall–Kier alpha value is -1.08. The van der Waals surface area contributed by atoms with Gasteiger partial charge in [0.2, 0.25) is 5.91 Å². The maximum atomic E-state index is 11.9. The SMILES string of the molecule is CC(C)CC(=O)N1CCC(NCC(C)C#N)CC1. The molecule has 0 aliphatic carbocycles. The van der Waals surface area contributed by atoms with Crippen molar-refractivity contribution in [2.24, 2.45) is 11.8 Å². The van der Waals surface area contributed by atoms with Gasteiger partial charge in [0.05, 0.1) is 12.0 Å². The first-order chi connectivity index (χ1) is 8.52. The zero-order valence-electron chi connectivity index (χ0n) is 11.8. The molecule has 1 amide bonds. The molecular weight excluding hydrogens is 226 g/mol. The van der Waals surface area contributed by atoms with Crippen LogP contribution in [-0.4, -0.2) is 36.5 Å². The van der Waals surface area contributed by atoms with Gasteiger partial charge in [0.25, 0.3) is 0 Å². The van der Waals surface area contributed by atoms with Crippen molar-refractivity contribution in [3.8, 4) is 6.07 Å². The molecule has 1 N–H and O–H groups in total. The summed E-state index contributed by atoms with van der Waals surface area (Å²) >= 11 is 0. The third-order valence-corrected chi connectivity index (χ3v) is 3.36. The molecule has 0 aromatic carbocycles. The molecule has 0 aromatic heterocycles. The molecule has 1 unspecified atom stereocenters. The monoisotopic (exact) mass is 251 g/mol. The number of rotatable bonds is 5. The van der Waals surface area contributed by atoms with Gasteiger partial charge in [-0.05, 0) is 25.7 Å². The van der Waals surface area contributed by atoms with Crippen molar-refractivity contribution in [1.29, 1.82) is 5.26 Å². The molecule has 102 valence electrons. The smallest absolute Gasteiger partial charge is 0.222 e. The number of nitriles is 1. The number of piperidine rings is 1. The zero-order valence-corrected chi connectivity index (χ0v) is 11.8. The number of nitrogens with zero attached hydrogens (tertiary/aromatic N) is 2. The van der Waals surface area contributed by atoms with Crippen molar-refractivity contribution in [1.82, 2.24) is 10.2 Å². The van der Waals surface area contributed by atoms with Crippen molar-refractivity contribution in [2.45, 2.75) is 46.1 Å². The van der Waals surface area contributed by atoms with Crippen LogP contribution in [0.25, 0.3) is 0 Å². The molecule has 18 heavy (non-hydrogen) atoms. The Labute approximate surface area is 110 Å². The topological polar surface area (TPSA) is 56.1 Å². The summed E-state index contributed by atoms with van der Waals surface area (Å²) in [5.74, 6) is 0.782. The molecule has 0 saturated carbocycles. The molecule has 1 heterocycles. The highest BCUT2D eigenvalue weighted by molar-refractivity contribution is 5.76. The average Bonchev–Trinajstić information content (AvgIpc) is 2.35. The quantitative estimate of drug-likeness (QED) is 0.810. The lowest BCUT2D eigenvalue weighted by Crippen LogP contribution is -2.45. The molecule has 1 saturated heterocycles. The van der Waals surface area contributed by atoms with Gasteiger partial charge in [-0.3, -0.25) is 4.79 Å². The van der Waals surface area contributed by atoms with Gasteiger partial charge in [-0.1, -0.05) is 13.8 Å². The number of amides is 1. The summed E-state index contributed by atoms with van der Waals surface area (Å²) in [6.45, 7) is 8.54. The predicted octanol–water partition coefficient (Wildman–Crippen LogP) is 1.77. The summed E-state index contributed by atoms with van der Waals surface area (Å²) in [7, 11) is 0. The number of carbonyl (C=O) groups excluding carboxylic acids is 1. The van der Waals surface area contributed by atoms with E-state index in [1.807, 2.05) is 11.8 Å². The molecule has 0 spiro atoms. The fourth-order valence-electron chi connectivity index (χ4n) is 2.20. The Kier molecular flexibility index (Phi) is 6.14. The summed E-state index contributed by atoms with van der Waals surface area (Å²) in [4.78, 5) is 13.9. The fraction of sp³-hybridized carbons (Fsp3) is 0.857. The van der Waals surface area contributed by atoms with E-state index in [1.165, 1.54) is 0 Å². The standard InChI is InChI=1S/C14H25N3O/c1-11(2)8-14(18)17-6-4-13(5-7-17)16-10-12(3)9-15/h11-13,16H,4-8,10H2,1-3H3. The lowest BCUT2D eigenvalue weighted by atomic mass is 10.0. The van der Waals surface area contributed by atoms with Crippen LogP contribution in [0.2, 0.25) is 0 Å². The Morgan fingerprint density at radius 2 is 2.00 bits per heavy atom. The minimum atomic E-state index is 0.0607. The van der Waals surface area contributed by atoms with Crippen molar-refractivity contribution in [3.63, 3.8) is 0 Å². The van der Waals surface area contributed by atoms with E-state index in [1.54, 1.807) is 0 Å². The van der Waals surface area contributed by atoms with Crippen molar-refractivity contribution >= 4 is 5.91 Å². The van der Waals surface area contributed by atoms with E-state index in [-0.39, 0.29) is 11.8 Å². The molecule has 0 aromatic rings. The maximum Gasteiger partial charge on any atom is 0.222 e. The summed E-state index contributed by atoms with van der Waals surface area (Å²) in [5.41, 5.74) is 0. The first-order valence-corrected chi connectivity index (χ1v) is 6.93. The minimum absolute atomic E-state index is 0.0607. The highest BCUT2D eigenvalue weighted by atomic mass is 16.2. The molecule has 1 fully saturated rings. The molecule has 4 heteroatoms. The second-order valence-electron chi connectivity index (χ2n) is 5.69. The second-order valence-corrected chi connectivity index (χ2v) is 5.69. The average molecular weight is 251 g/mol. The molecule has 1 aliphatic rings. The van der Waals surface area contributed by atoms with Gasteiger partial charge in [0.1, 0.15) is 0 Å². The molecule has 4 nitrogen and oxygen atoms in total. The lowest BCUT2D eigenvalue weighted by Gasteiger charge is -2.33. The Balaban J connectivity index is 2.24. The van der Waals surface area contributed by atoms with E-state index in [2.05, 4.69) is 25.2 Å². The van der Waals surface area contributed by atoms with E-state index >= 15 is 0 Å². The van der Waals surface area contributed by atoms with Crippen molar-refractivity contribution in [2.75, 3.05) is 19.6 Å². The number of hydrogen-bond acceptors (Lipinski definition) is 3. The molecular formula is C14H25N3O. The Morgan fingerprint density at radius 3 is 2.50 bits per heavy atom. The van der Waals surface area contributed by atoms with Crippen molar-refractivity contribution in [3.05, 3.63) is 0 Å². The number of nitrogens with one attached hydrogen (secondary N) is 1. The molecule has 1 aliphatic heterocycles. The fourth-order valence-corrected chi connectivity index (χ4v) is 2.20. The van der Waals surface area contributed by atoms with Gasteiger partial charge < -0.3 is 10.2 Å². The van der Waals surface area contributed by atoms with Crippen LogP contribution in [-0.2, 0) is 4.79 Å². The summed E-state index contributed by atoms with van der Waals surface area (Å²) in [5, 5.41) is 12.1. The van der Waals surface area contributed by atoms with Crippen molar-refractivity contribution < 1.29 is 4.79 Å². The predicted molar refractivity (Wildman–Crippen MR) is 71.8 cm³/mol. The molecule has 0 radical (unpaired) electrons. The van der Waals surface area contributed by atoms with Gasteiger partial charge >= 0.3 is 0 Å². The van der Waals surface area contributed by atoms with Gasteiger partial charge in [0, 0.05) is 32.1 Å². The highest BCUT2D eigenvalue weighted by Crippen LogP contribution is 2.13. The van der Waals surface area contributed by atoms with E-state index in [4.69, 9.17) is 5.26 Å². The van der Waals surface area contributed by atoms with Crippen LogP contribution in [0, 0.1) is 23.2 Å². The van der Waals surface area contributed by atoms with Gasteiger partial charge in [0.15, 0.2) is 0 Å². The number of hydrogen-bond donors (Lipinski definition) is 1. The lowest BCUT2D eigenvalue weighted by molar-refractivity contribution is -0.133. The third kappa shape index (κ3) is 5.05. The summed E-state index contributed by atoms with van der Waals surface area (Å²) < 4.78 is 0. The van der Waals surface area contributed by atoms with E-state index in [9.17, 15) is 4.79 Å². The van der Waals surface area contributed by atoms with Crippen LogP contribution in [0.15, 0.2) is 0 Å². The molecule has 1 atom stereocenters. The van der Waals surface area contributed by atoms with Crippen LogP contribution in [0.3, 0.4) is 0 Å².